The molecule has 16 heavy (non-hydrogen) atoms. The summed E-state index contributed by atoms with van der Waals surface area (Å²) in [6, 6.07) is 1.15. The number of nitrogens with zero attached hydrogens (tertiary/aromatic N) is 2. The molecule has 0 spiro atoms. The summed E-state index contributed by atoms with van der Waals surface area (Å²) in [5.41, 5.74) is -1.20. The Morgan fingerprint density at radius 2 is 2.25 bits per heavy atom. The Morgan fingerprint density at radius 1 is 1.62 bits per heavy atom. The van der Waals surface area contributed by atoms with Crippen molar-refractivity contribution in [2.24, 2.45) is 0 Å². The van der Waals surface area contributed by atoms with Crippen LogP contribution >= 0.6 is 15.9 Å². The monoisotopic (exact) mass is 288 g/mol. The Morgan fingerprint density at radius 3 is 2.75 bits per heavy atom. The van der Waals surface area contributed by atoms with Crippen LogP contribution in [0.4, 0.5) is 5.69 Å². The van der Waals surface area contributed by atoms with Gasteiger partial charge in [-0.1, -0.05) is 0 Å². The maximum absolute atomic E-state index is 11.6. The van der Waals surface area contributed by atoms with E-state index in [2.05, 4.69) is 15.9 Å². The van der Waals surface area contributed by atoms with E-state index in [-0.39, 0.29) is 18.7 Å². The number of hydrogen-bond donors (Lipinski definition) is 0. The topological polar surface area (TPSA) is 82.2 Å². The molecule has 0 aliphatic rings. The summed E-state index contributed by atoms with van der Waals surface area (Å²) in [6.45, 7) is 1.55. The molecular formula is C9H9BrN2O4. The van der Waals surface area contributed by atoms with Gasteiger partial charge in [0.15, 0.2) is 0 Å². The third-order valence-corrected chi connectivity index (χ3v) is 2.37. The fourth-order valence-corrected chi connectivity index (χ4v) is 1.62. The third-order valence-electron chi connectivity index (χ3n) is 1.94. The van der Waals surface area contributed by atoms with Crippen molar-refractivity contribution in [2.75, 3.05) is 0 Å². The zero-order valence-corrected chi connectivity index (χ0v) is 10.1. The average molecular weight is 289 g/mol. The van der Waals surface area contributed by atoms with Gasteiger partial charge in [-0.15, -0.1) is 0 Å². The summed E-state index contributed by atoms with van der Waals surface area (Å²) in [4.78, 5) is 32.2. The van der Waals surface area contributed by atoms with Crippen molar-refractivity contribution in [2.45, 2.75) is 19.9 Å². The van der Waals surface area contributed by atoms with E-state index in [1.807, 2.05) is 0 Å². The van der Waals surface area contributed by atoms with E-state index in [4.69, 9.17) is 0 Å². The summed E-state index contributed by atoms with van der Waals surface area (Å²) in [5.74, 6) is -0.0745. The van der Waals surface area contributed by atoms with Crippen LogP contribution in [0.5, 0.6) is 0 Å². The molecule has 0 saturated carbocycles. The predicted molar refractivity (Wildman–Crippen MR) is 60.4 cm³/mol. The molecule has 0 atom stereocenters. The van der Waals surface area contributed by atoms with Crippen LogP contribution in [-0.2, 0) is 11.3 Å². The fourth-order valence-electron chi connectivity index (χ4n) is 1.16. The third kappa shape index (κ3) is 2.99. The number of rotatable bonds is 4. The standard InChI is InChI=1S/C9H9BrN2O4/c1-6(13)2-3-11-5-7(10)4-8(9(11)14)12(15)16/h4-5H,2-3H2,1H3. The van der Waals surface area contributed by atoms with Crippen molar-refractivity contribution in [1.82, 2.24) is 4.57 Å². The lowest BCUT2D eigenvalue weighted by Crippen LogP contribution is -2.23. The number of ketones is 1. The largest absolute Gasteiger partial charge is 0.335 e. The molecule has 0 N–H and O–H groups in total. The van der Waals surface area contributed by atoms with Gasteiger partial charge in [0.05, 0.1) is 4.92 Å². The molecule has 0 aliphatic carbocycles. The van der Waals surface area contributed by atoms with Gasteiger partial charge in [0, 0.05) is 29.7 Å². The van der Waals surface area contributed by atoms with Crippen molar-refractivity contribution in [3.63, 3.8) is 0 Å². The summed E-state index contributed by atoms with van der Waals surface area (Å²) in [7, 11) is 0. The van der Waals surface area contributed by atoms with Crippen LogP contribution in [0.1, 0.15) is 13.3 Å². The quantitative estimate of drug-likeness (QED) is 0.621. The maximum atomic E-state index is 11.6. The minimum atomic E-state index is -0.739. The molecule has 0 aliphatic heterocycles. The smallest absolute Gasteiger partial charge is 0.308 e. The molecule has 1 rings (SSSR count). The number of hydrogen-bond acceptors (Lipinski definition) is 4. The lowest BCUT2D eigenvalue weighted by Gasteiger charge is -2.04. The van der Waals surface area contributed by atoms with Gasteiger partial charge in [0.1, 0.15) is 5.78 Å². The van der Waals surface area contributed by atoms with E-state index in [0.29, 0.717) is 4.47 Å². The zero-order chi connectivity index (χ0) is 12.3. The molecule has 6 nitrogen and oxygen atoms in total. The normalized spacial score (nSPS) is 10.1. The maximum Gasteiger partial charge on any atom is 0.335 e. The van der Waals surface area contributed by atoms with Gasteiger partial charge in [0.2, 0.25) is 0 Å². The molecule has 0 aromatic carbocycles. The second kappa shape index (κ2) is 5.02. The van der Waals surface area contributed by atoms with Crippen LogP contribution in [0, 0.1) is 10.1 Å². The molecule has 86 valence electrons. The van der Waals surface area contributed by atoms with E-state index >= 15 is 0 Å². The number of Topliss-reactive ketones (excluding diaryl/α,β-unsaturated/α-hetero) is 1. The van der Waals surface area contributed by atoms with E-state index < -0.39 is 16.2 Å². The van der Waals surface area contributed by atoms with E-state index in [9.17, 15) is 19.7 Å². The van der Waals surface area contributed by atoms with Crippen LogP contribution in [0.3, 0.4) is 0 Å². The number of halogens is 1. The number of carbonyl (C=O) groups is 1. The van der Waals surface area contributed by atoms with E-state index in [1.165, 1.54) is 13.1 Å². The second-order valence-electron chi connectivity index (χ2n) is 3.25. The van der Waals surface area contributed by atoms with E-state index in [0.717, 1.165) is 10.6 Å². The number of nitro groups is 1. The van der Waals surface area contributed by atoms with Crippen LogP contribution in [0.25, 0.3) is 0 Å². The number of aryl methyl sites for hydroxylation is 1. The van der Waals surface area contributed by atoms with Gasteiger partial charge in [-0.2, -0.15) is 0 Å². The summed E-state index contributed by atoms with van der Waals surface area (Å²) in [5, 5.41) is 10.6. The first kappa shape index (κ1) is 12.6. The molecule has 1 aromatic rings. The Bertz CT molecular complexity index is 495. The fraction of sp³-hybridized carbons (Fsp3) is 0.333. The molecule has 0 bridgehead atoms. The lowest BCUT2D eigenvalue weighted by atomic mass is 10.3. The van der Waals surface area contributed by atoms with Crippen molar-refractivity contribution in [1.29, 1.82) is 0 Å². The van der Waals surface area contributed by atoms with Crippen LogP contribution < -0.4 is 5.56 Å². The van der Waals surface area contributed by atoms with Crippen LogP contribution in [0.15, 0.2) is 21.5 Å². The molecule has 0 unspecified atom stereocenters. The van der Waals surface area contributed by atoms with Crippen LogP contribution in [-0.4, -0.2) is 15.3 Å². The molecule has 1 heterocycles. The average Bonchev–Trinajstić information content (AvgIpc) is 2.18. The van der Waals surface area contributed by atoms with Crippen molar-refractivity contribution in [3.05, 3.63) is 37.2 Å². The zero-order valence-electron chi connectivity index (χ0n) is 8.47. The summed E-state index contributed by atoms with van der Waals surface area (Å²) >= 11 is 3.07. The highest BCUT2D eigenvalue weighted by molar-refractivity contribution is 9.10. The number of aromatic nitrogens is 1. The predicted octanol–water partition coefficient (Wildman–Crippen LogP) is 1.50. The SMILES string of the molecule is CC(=O)CCn1cc(Br)cc([N+](=O)[O-])c1=O. The molecule has 7 heteroatoms. The Labute approximate surface area is 99.2 Å². The Kier molecular flexibility index (Phi) is 3.94. The minimum absolute atomic E-state index is 0.0745. The van der Waals surface area contributed by atoms with Crippen LogP contribution in [0.2, 0.25) is 0 Å². The molecule has 0 amide bonds. The first-order chi connectivity index (χ1) is 7.41. The van der Waals surface area contributed by atoms with Crippen molar-refractivity contribution < 1.29 is 9.72 Å². The Hall–Kier alpha value is -1.50. The number of pyridine rings is 1. The van der Waals surface area contributed by atoms with Crippen molar-refractivity contribution in [3.8, 4) is 0 Å². The second-order valence-corrected chi connectivity index (χ2v) is 4.17. The first-order valence-corrected chi connectivity index (χ1v) is 5.25. The van der Waals surface area contributed by atoms with Gasteiger partial charge < -0.3 is 4.57 Å². The lowest BCUT2D eigenvalue weighted by molar-refractivity contribution is -0.386. The summed E-state index contributed by atoms with van der Waals surface area (Å²) < 4.78 is 1.59. The highest BCUT2D eigenvalue weighted by atomic mass is 79.9. The highest BCUT2D eigenvalue weighted by Gasteiger charge is 2.15. The molecule has 0 fully saturated rings. The Balaban J connectivity index is 3.14. The molecule has 0 radical (unpaired) electrons. The molecule has 1 aromatic heterocycles. The highest BCUT2D eigenvalue weighted by Crippen LogP contribution is 2.13. The van der Waals surface area contributed by atoms with Crippen molar-refractivity contribution >= 4 is 27.4 Å². The molecule has 0 saturated heterocycles. The van der Waals surface area contributed by atoms with Gasteiger partial charge >= 0.3 is 11.2 Å². The first-order valence-electron chi connectivity index (χ1n) is 4.45. The minimum Gasteiger partial charge on any atom is -0.308 e. The number of carbonyl (C=O) groups excluding carboxylic acids is 1. The van der Waals surface area contributed by atoms with Gasteiger partial charge in [0.25, 0.3) is 0 Å². The van der Waals surface area contributed by atoms with Gasteiger partial charge in [-0.3, -0.25) is 19.7 Å². The van der Waals surface area contributed by atoms with Gasteiger partial charge in [-0.05, 0) is 22.9 Å². The summed E-state index contributed by atoms with van der Waals surface area (Å²) in [6.07, 6.45) is 1.60. The molecular weight excluding hydrogens is 280 g/mol. The van der Waals surface area contributed by atoms with E-state index in [1.54, 1.807) is 0 Å². The van der Waals surface area contributed by atoms with Gasteiger partial charge in [-0.25, -0.2) is 0 Å².